The van der Waals surface area contributed by atoms with Crippen LogP contribution in [0.25, 0.3) is 0 Å². The van der Waals surface area contributed by atoms with Gasteiger partial charge in [0.2, 0.25) is 10.0 Å². The molecule has 0 radical (unpaired) electrons. The second-order valence-corrected chi connectivity index (χ2v) is 7.17. The SMILES string of the molecule is CCn1cc(CN(C)S(=O)(=O)c2c(C)nn(C(F)F)c2C)cn1. The van der Waals surface area contributed by atoms with Crippen LogP contribution in [0.2, 0.25) is 0 Å². The standard InChI is InChI=1S/C13H19F2N5O2S/c1-5-19-8-11(6-16-19)7-18(4)23(21,22)12-9(2)17-20(10(12)3)13(14)15/h6,8,13H,5,7H2,1-4H3. The van der Waals surface area contributed by atoms with Gasteiger partial charge in [-0.25, -0.2) is 13.1 Å². The van der Waals surface area contributed by atoms with Gasteiger partial charge >= 0.3 is 6.55 Å². The van der Waals surface area contributed by atoms with E-state index in [-0.39, 0.29) is 22.8 Å². The lowest BCUT2D eigenvalue weighted by Gasteiger charge is -2.16. The molecule has 0 fully saturated rings. The second kappa shape index (κ2) is 6.36. The molecule has 2 aromatic heterocycles. The molecule has 2 rings (SSSR count). The highest BCUT2D eigenvalue weighted by molar-refractivity contribution is 7.89. The normalized spacial score (nSPS) is 12.5. The zero-order valence-electron chi connectivity index (χ0n) is 13.4. The van der Waals surface area contributed by atoms with Gasteiger partial charge in [0.1, 0.15) is 4.90 Å². The predicted octanol–water partition coefficient (Wildman–Crippen LogP) is 1.93. The topological polar surface area (TPSA) is 73.0 Å². The Morgan fingerprint density at radius 1 is 1.35 bits per heavy atom. The molecule has 23 heavy (non-hydrogen) atoms. The molecule has 0 aromatic carbocycles. The fraction of sp³-hybridized carbons (Fsp3) is 0.538. The van der Waals surface area contributed by atoms with E-state index in [1.54, 1.807) is 17.1 Å². The van der Waals surface area contributed by atoms with E-state index in [1.807, 2.05) is 6.92 Å². The maximum Gasteiger partial charge on any atom is 0.333 e. The quantitative estimate of drug-likeness (QED) is 0.800. The molecule has 0 N–H and O–H groups in total. The van der Waals surface area contributed by atoms with Gasteiger partial charge < -0.3 is 0 Å². The van der Waals surface area contributed by atoms with Gasteiger partial charge in [0.15, 0.2) is 0 Å². The Kier molecular flexibility index (Phi) is 4.85. The molecule has 0 saturated carbocycles. The molecule has 2 aromatic rings. The average Bonchev–Trinajstić information content (AvgIpc) is 3.03. The Balaban J connectivity index is 2.34. The highest BCUT2D eigenvalue weighted by Gasteiger charge is 2.30. The van der Waals surface area contributed by atoms with E-state index in [0.717, 1.165) is 9.87 Å². The molecule has 0 unspecified atom stereocenters. The summed E-state index contributed by atoms with van der Waals surface area (Å²) in [4.78, 5) is -0.178. The molecule has 0 aliphatic rings. The summed E-state index contributed by atoms with van der Waals surface area (Å²) < 4.78 is 54.4. The van der Waals surface area contributed by atoms with E-state index >= 15 is 0 Å². The maximum absolute atomic E-state index is 12.9. The molecule has 2 heterocycles. The van der Waals surface area contributed by atoms with E-state index in [1.165, 1.54) is 20.9 Å². The first-order valence-electron chi connectivity index (χ1n) is 7.00. The van der Waals surface area contributed by atoms with Crippen LogP contribution in [-0.4, -0.2) is 39.3 Å². The zero-order chi connectivity index (χ0) is 17.4. The number of sulfonamides is 1. The molecule has 0 amide bonds. The summed E-state index contributed by atoms with van der Waals surface area (Å²) >= 11 is 0. The zero-order valence-corrected chi connectivity index (χ0v) is 14.2. The largest absolute Gasteiger partial charge is 0.333 e. The highest BCUT2D eigenvalue weighted by atomic mass is 32.2. The molecule has 0 aliphatic heterocycles. The van der Waals surface area contributed by atoms with Gasteiger partial charge in [-0.1, -0.05) is 0 Å². The minimum atomic E-state index is -3.93. The molecular formula is C13H19F2N5O2S. The van der Waals surface area contributed by atoms with Crippen molar-refractivity contribution in [1.29, 1.82) is 0 Å². The Bertz CT molecular complexity index is 797. The summed E-state index contributed by atoms with van der Waals surface area (Å²) in [5.41, 5.74) is 0.696. The third kappa shape index (κ3) is 3.27. The number of alkyl halides is 2. The fourth-order valence-electron chi connectivity index (χ4n) is 2.37. The third-order valence-corrected chi connectivity index (χ3v) is 5.58. The summed E-state index contributed by atoms with van der Waals surface area (Å²) in [6.45, 7) is 2.54. The Labute approximate surface area is 133 Å². The van der Waals surface area contributed by atoms with Crippen LogP contribution in [-0.2, 0) is 23.1 Å². The van der Waals surface area contributed by atoms with E-state index in [2.05, 4.69) is 10.2 Å². The number of halogens is 2. The first-order chi connectivity index (χ1) is 10.7. The molecular weight excluding hydrogens is 328 g/mol. The van der Waals surface area contributed by atoms with Crippen LogP contribution < -0.4 is 0 Å². The third-order valence-electron chi connectivity index (χ3n) is 3.53. The van der Waals surface area contributed by atoms with Gasteiger partial charge in [-0.3, -0.25) is 4.68 Å². The minimum absolute atomic E-state index is 0.0545. The van der Waals surface area contributed by atoms with Crippen molar-refractivity contribution in [1.82, 2.24) is 23.9 Å². The summed E-state index contributed by atoms with van der Waals surface area (Å²) in [7, 11) is -2.53. The van der Waals surface area contributed by atoms with Crippen molar-refractivity contribution < 1.29 is 17.2 Å². The number of nitrogens with zero attached hydrogens (tertiary/aromatic N) is 5. The van der Waals surface area contributed by atoms with Crippen LogP contribution in [0.1, 0.15) is 30.4 Å². The molecule has 0 atom stereocenters. The van der Waals surface area contributed by atoms with Crippen molar-refractivity contribution in [2.24, 2.45) is 0 Å². The van der Waals surface area contributed by atoms with Gasteiger partial charge in [0, 0.05) is 31.9 Å². The van der Waals surface area contributed by atoms with Gasteiger partial charge in [0.05, 0.1) is 17.6 Å². The van der Waals surface area contributed by atoms with Crippen molar-refractivity contribution in [3.05, 3.63) is 29.3 Å². The van der Waals surface area contributed by atoms with Gasteiger partial charge in [0.25, 0.3) is 0 Å². The molecule has 0 spiro atoms. The van der Waals surface area contributed by atoms with Gasteiger partial charge in [-0.15, -0.1) is 0 Å². The van der Waals surface area contributed by atoms with Crippen molar-refractivity contribution >= 4 is 10.0 Å². The van der Waals surface area contributed by atoms with Crippen LogP contribution in [0, 0.1) is 13.8 Å². The molecule has 0 aliphatic carbocycles. The number of aromatic nitrogens is 4. The lowest BCUT2D eigenvalue weighted by atomic mass is 10.4. The van der Waals surface area contributed by atoms with Gasteiger partial charge in [-0.2, -0.15) is 23.3 Å². The van der Waals surface area contributed by atoms with Crippen molar-refractivity contribution in [2.45, 2.75) is 45.3 Å². The van der Waals surface area contributed by atoms with E-state index < -0.39 is 16.6 Å². The first kappa shape index (κ1) is 17.5. The first-order valence-corrected chi connectivity index (χ1v) is 8.44. The highest BCUT2D eigenvalue weighted by Crippen LogP contribution is 2.26. The number of aryl methyl sites for hydroxylation is 2. The van der Waals surface area contributed by atoms with Crippen LogP contribution in [0.4, 0.5) is 8.78 Å². The Morgan fingerprint density at radius 2 is 2.00 bits per heavy atom. The number of hydrogen-bond donors (Lipinski definition) is 0. The summed E-state index contributed by atoms with van der Waals surface area (Å²) in [6, 6.07) is 0. The average molecular weight is 347 g/mol. The summed E-state index contributed by atoms with van der Waals surface area (Å²) in [5.74, 6) is 0. The lowest BCUT2D eigenvalue weighted by Crippen LogP contribution is -2.27. The van der Waals surface area contributed by atoms with Crippen LogP contribution >= 0.6 is 0 Å². The molecule has 0 saturated heterocycles. The minimum Gasteiger partial charge on any atom is -0.273 e. The van der Waals surface area contributed by atoms with Crippen molar-refractivity contribution in [3.63, 3.8) is 0 Å². The van der Waals surface area contributed by atoms with Gasteiger partial charge in [-0.05, 0) is 20.8 Å². The number of rotatable bonds is 6. The Morgan fingerprint density at radius 3 is 2.48 bits per heavy atom. The monoisotopic (exact) mass is 347 g/mol. The number of hydrogen-bond acceptors (Lipinski definition) is 4. The van der Waals surface area contributed by atoms with Crippen molar-refractivity contribution in [2.75, 3.05) is 7.05 Å². The van der Waals surface area contributed by atoms with Crippen LogP contribution in [0.15, 0.2) is 17.3 Å². The molecule has 128 valence electrons. The summed E-state index contributed by atoms with van der Waals surface area (Å²) in [6.07, 6.45) is 3.33. The van der Waals surface area contributed by atoms with Crippen LogP contribution in [0.3, 0.4) is 0 Å². The Hall–Kier alpha value is -1.81. The molecule has 10 heteroatoms. The summed E-state index contributed by atoms with van der Waals surface area (Å²) in [5, 5.41) is 7.71. The van der Waals surface area contributed by atoms with Crippen molar-refractivity contribution in [3.8, 4) is 0 Å². The van der Waals surface area contributed by atoms with Crippen LogP contribution in [0.5, 0.6) is 0 Å². The van der Waals surface area contributed by atoms with E-state index in [0.29, 0.717) is 11.2 Å². The maximum atomic E-state index is 12.9. The smallest absolute Gasteiger partial charge is 0.273 e. The van der Waals surface area contributed by atoms with E-state index in [4.69, 9.17) is 0 Å². The van der Waals surface area contributed by atoms with E-state index in [9.17, 15) is 17.2 Å². The second-order valence-electron chi connectivity index (χ2n) is 5.19. The predicted molar refractivity (Wildman–Crippen MR) is 79.5 cm³/mol. The lowest BCUT2D eigenvalue weighted by molar-refractivity contribution is 0.0538. The molecule has 7 nitrogen and oxygen atoms in total. The fourth-order valence-corrected chi connectivity index (χ4v) is 3.88. The molecule has 0 bridgehead atoms.